The van der Waals surface area contributed by atoms with Gasteiger partial charge in [-0.05, 0) is 60.1 Å². The molecular weight excluding hydrogens is 435 g/mol. The van der Waals surface area contributed by atoms with Gasteiger partial charge in [-0.15, -0.1) is 0 Å². The maximum absolute atomic E-state index is 14.1. The molecule has 8 heteroatoms. The average Bonchev–Trinajstić information content (AvgIpc) is 2.74. The smallest absolute Gasteiger partial charge is 0.420 e. The topological polar surface area (TPSA) is 59.0 Å². The van der Waals surface area contributed by atoms with Crippen molar-refractivity contribution >= 4 is 16.7 Å². The molecule has 4 rings (SSSR count). The lowest BCUT2D eigenvalue weighted by atomic mass is 9.89. The second kappa shape index (κ2) is 9.89. The first-order valence-electron chi connectivity index (χ1n) is 11.5. The number of benzene rings is 2. The van der Waals surface area contributed by atoms with E-state index in [2.05, 4.69) is 11.8 Å². The SMILES string of the molecule is C[C@H]1CC[C@@H](Oc2ccc3cc(CN4CCOC(CC(=O)O)C4)ccc3c2C(F)(F)F)CC1. The summed E-state index contributed by atoms with van der Waals surface area (Å²) in [6.45, 7) is 4.24. The summed E-state index contributed by atoms with van der Waals surface area (Å²) in [5.41, 5.74) is 0.166. The molecular formula is C25H30F3NO4. The van der Waals surface area contributed by atoms with E-state index in [0.29, 0.717) is 37.5 Å². The molecule has 1 saturated heterocycles. The van der Waals surface area contributed by atoms with Crippen LogP contribution in [0.4, 0.5) is 13.2 Å². The summed E-state index contributed by atoms with van der Waals surface area (Å²) in [5.74, 6) is -0.409. The number of fused-ring (bicyclic) bond motifs is 1. The number of halogens is 3. The van der Waals surface area contributed by atoms with Crippen LogP contribution in [0.25, 0.3) is 10.8 Å². The Hall–Kier alpha value is -2.32. The minimum Gasteiger partial charge on any atom is -0.490 e. The van der Waals surface area contributed by atoms with Crippen LogP contribution in [0.15, 0.2) is 30.3 Å². The van der Waals surface area contributed by atoms with E-state index < -0.39 is 17.7 Å². The van der Waals surface area contributed by atoms with Gasteiger partial charge in [0.25, 0.3) is 0 Å². The number of carboxylic acids is 1. The number of morpholine rings is 1. The molecule has 2 fully saturated rings. The standard InChI is InChI=1S/C25H30F3NO4/c1-16-2-6-19(7-3-16)33-22-9-5-18-12-17(4-8-21(18)24(22)25(26,27)28)14-29-10-11-32-20(15-29)13-23(30)31/h4-5,8-9,12,16,19-20H,2-3,6-7,10-11,13-15H2,1H3,(H,30,31)/t16-,19+,20?. The van der Waals surface area contributed by atoms with Gasteiger partial charge >= 0.3 is 12.1 Å². The van der Waals surface area contributed by atoms with Crippen LogP contribution in [0.2, 0.25) is 0 Å². The third kappa shape index (κ3) is 5.98. The molecule has 1 unspecified atom stereocenters. The van der Waals surface area contributed by atoms with Gasteiger partial charge in [-0.3, -0.25) is 9.69 Å². The summed E-state index contributed by atoms with van der Waals surface area (Å²) in [6, 6.07) is 8.16. The predicted molar refractivity (Wildman–Crippen MR) is 118 cm³/mol. The Balaban J connectivity index is 1.55. The number of ether oxygens (including phenoxy) is 2. The van der Waals surface area contributed by atoms with E-state index in [9.17, 15) is 18.0 Å². The maximum Gasteiger partial charge on any atom is 0.420 e. The first kappa shape index (κ1) is 23.8. The van der Waals surface area contributed by atoms with E-state index in [1.54, 1.807) is 18.2 Å². The number of nitrogens with zero attached hydrogens (tertiary/aromatic N) is 1. The number of hydrogen-bond acceptors (Lipinski definition) is 4. The number of carbonyl (C=O) groups is 1. The van der Waals surface area contributed by atoms with Gasteiger partial charge in [-0.1, -0.05) is 25.1 Å². The van der Waals surface area contributed by atoms with E-state index in [1.165, 1.54) is 12.1 Å². The zero-order chi connectivity index (χ0) is 23.6. The molecule has 1 N–H and O–H groups in total. The third-order valence-electron chi connectivity index (χ3n) is 6.62. The van der Waals surface area contributed by atoms with Crippen LogP contribution >= 0.6 is 0 Å². The molecule has 0 aromatic heterocycles. The summed E-state index contributed by atoms with van der Waals surface area (Å²) in [4.78, 5) is 13.0. The first-order chi connectivity index (χ1) is 15.7. The van der Waals surface area contributed by atoms with Gasteiger partial charge in [-0.2, -0.15) is 13.2 Å². The Morgan fingerprint density at radius 3 is 2.64 bits per heavy atom. The molecule has 1 aliphatic heterocycles. The fourth-order valence-corrected chi connectivity index (χ4v) is 4.88. The lowest BCUT2D eigenvalue weighted by molar-refractivity contribution is -0.142. The van der Waals surface area contributed by atoms with Crippen LogP contribution in [0.5, 0.6) is 5.75 Å². The number of aliphatic carboxylic acids is 1. The van der Waals surface area contributed by atoms with Crippen LogP contribution in [-0.2, 0) is 22.3 Å². The molecule has 180 valence electrons. The predicted octanol–water partition coefficient (Wildman–Crippen LogP) is 5.49. The largest absolute Gasteiger partial charge is 0.490 e. The van der Waals surface area contributed by atoms with Gasteiger partial charge in [0, 0.05) is 19.6 Å². The Morgan fingerprint density at radius 1 is 1.18 bits per heavy atom. The molecule has 0 radical (unpaired) electrons. The van der Waals surface area contributed by atoms with Crippen molar-refractivity contribution in [3.63, 3.8) is 0 Å². The number of hydrogen-bond donors (Lipinski definition) is 1. The van der Waals surface area contributed by atoms with Crippen molar-refractivity contribution in [3.8, 4) is 5.75 Å². The zero-order valence-corrected chi connectivity index (χ0v) is 18.7. The lowest BCUT2D eigenvalue weighted by Crippen LogP contribution is -2.42. The molecule has 1 atom stereocenters. The fraction of sp³-hybridized carbons (Fsp3) is 0.560. The van der Waals surface area contributed by atoms with Crippen molar-refractivity contribution in [2.75, 3.05) is 19.7 Å². The lowest BCUT2D eigenvalue weighted by Gasteiger charge is -2.32. The molecule has 2 aliphatic rings. The Labute approximate surface area is 191 Å². The van der Waals surface area contributed by atoms with Crippen LogP contribution in [0, 0.1) is 5.92 Å². The van der Waals surface area contributed by atoms with Crippen molar-refractivity contribution in [2.45, 2.75) is 64.0 Å². The molecule has 33 heavy (non-hydrogen) atoms. The van der Waals surface area contributed by atoms with E-state index in [0.717, 1.165) is 31.2 Å². The van der Waals surface area contributed by atoms with Crippen molar-refractivity contribution < 1.29 is 32.5 Å². The van der Waals surface area contributed by atoms with Crippen LogP contribution < -0.4 is 4.74 Å². The van der Waals surface area contributed by atoms with E-state index >= 15 is 0 Å². The average molecular weight is 466 g/mol. The molecule has 2 aromatic rings. The molecule has 5 nitrogen and oxygen atoms in total. The maximum atomic E-state index is 14.1. The van der Waals surface area contributed by atoms with Crippen molar-refractivity contribution in [1.29, 1.82) is 0 Å². The van der Waals surface area contributed by atoms with Gasteiger partial charge in [0.05, 0.1) is 25.2 Å². The van der Waals surface area contributed by atoms with Crippen molar-refractivity contribution in [2.24, 2.45) is 5.92 Å². The Kier molecular flexibility index (Phi) is 7.14. The molecule has 0 amide bonds. The van der Waals surface area contributed by atoms with Gasteiger partial charge in [0.2, 0.25) is 0 Å². The summed E-state index contributed by atoms with van der Waals surface area (Å²) < 4.78 is 53.6. The molecule has 0 bridgehead atoms. The normalized spacial score (nSPS) is 24.7. The second-order valence-corrected chi connectivity index (χ2v) is 9.32. The minimum atomic E-state index is -4.52. The summed E-state index contributed by atoms with van der Waals surface area (Å²) in [5, 5.41) is 9.64. The Morgan fingerprint density at radius 2 is 1.94 bits per heavy atom. The highest BCUT2D eigenvalue weighted by Gasteiger charge is 2.37. The highest BCUT2D eigenvalue weighted by molar-refractivity contribution is 5.89. The van der Waals surface area contributed by atoms with E-state index in [4.69, 9.17) is 14.6 Å². The van der Waals surface area contributed by atoms with Gasteiger partial charge < -0.3 is 14.6 Å². The van der Waals surface area contributed by atoms with Crippen molar-refractivity contribution in [1.82, 2.24) is 4.90 Å². The summed E-state index contributed by atoms with van der Waals surface area (Å²) in [7, 11) is 0. The zero-order valence-electron chi connectivity index (χ0n) is 18.7. The van der Waals surface area contributed by atoms with Crippen LogP contribution in [0.3, 0.4) is 0 Å². The molecule has 0 spiro atoms. The third-order valence-corrected chi connectivity index (χ3v) is 6.62. The second-order valence-electron chi connectivity index (χ2n) is 9.32. The summed E-state index contributed by atoms with van der Waals surface area (Å²) >= 11 is 0. The summed E-state index contributed by atoms with van der Waals surface area (Å²) in [6.07, 6.45) is -1.65. The van der Waals surface area contributed by atoms with E-state index in [-0.39, 0.29) is 29.8 Å². The number of alkyl halides is 3. The molecule has 1 aliphatic carbocycles. The van der Waals surface area contributed by atoms with Crippen LogP contribution in [0.1, 0.15) is 50.2 Å². The first-order valence-corrected chi connectivity index (χ1v) is 11.5. The quantitative estimate of drug-likeness (QED) is 0.611. The molecule has 1 saturated carbocycles. The van der Waals surface area contributed by atoms with Gasteiger partial charge in [0.15, 0.2) is 0 Å². The Bertz CT molecular complexity index is 986. The van der Waals surface area contributed by atoms with E-state index in [1.807, 2.05) is 0 Å². The number of carboxylic acid groups (broad SMARTS) is 1. The minimum absolute atomic E-state index is 0.0636. The molecule has 2 aromatic carbocycles. The van der Waals surface area contributed by atoms with Gasteiger partial charge in [-0.25, -0.2) is 0 Å². The van der Waals surface area contributed by atoms with Gasteiger partial charge in [0.1, 0.15) is 11.3 Å². The number of rotatable bonds is 6. The van der Waals surface area contributed by atoms with Crippen LogP contribution in [-0.4, -0.2) is 47.9 Å². The highest BCUT2D eigenvalue weighted by atomic mass is 19.4. The fourth-order valence-electron chi connectivity index (χ4n) is 4.88. The molecule has 1 heterocycles. The van der Waals surface area contributed by atoms with Crippen molar-refractivity contribution in [3.05, 3.63) is 41.5 Å². The highest BCUT2D eigenvalue weighted by Crippen LogP contribution is 2.42. The monoisotopic (exact) mass is 465 g/mol.